The minimum atomic E-state index is 0.804. The first-order valence-corrected chi connectivity index (χ1v) is 4.81. The molecule has 0 unspecified atom stereocenters. The van der Waals surface area contributed by atoms with Crippen molar-refractivity contribution in [3.8, 4) is 0 Å². The molecule has 3 nitrogen and oxygen atoms in total. The summed E-state index contributed by atoms with van der Waals surface area (Å²) in [6, 6.07) is 0. The number of hydrogen-bond donors (Lipinski definition) is 1. The van der Waals surface area contributed by atoms with Crippen LogP contribution in [0.15, 0.2) is 22.0 Å². The van der Waals surface area contributed by atoms with E-state index < -0.39 is 0 Å². The van der Waals surface area contributed by atoms with E-state index in [4.69, 9.17) is 5.11 Å². The summed E-state index contributed by atoms with van der Waals surface area (Å²) in [6.07, 6.45) is 5.42. The lowest BCUT2D eigenvalue weighted by Gasteiger charge is -1.90. The van der Waals surface area contributed by atoms with Crippen molar-refractivity contribution >= 4 is 27.7 Å². The van der Waals surface area contributed by atoms with Gasteiger partial charge >= 0.3 is 0 Å². The zero-order chi connectivity index (χ0) is 8.69. The van der Waals surface area contributed by atoms with Gasteiger partial charge in [0.15, 0.2) is 5.16 Å². The molecule has 0 fully saturated rings. The number of rotatable bonds is 1. The second-order valence-electron chi connectivity index (χ2n) is 1.39. The zero-order valence-corrected chi connectivity index (χ0v) is 8.69. The maximum absolute atomic E-state index is 7.00. The summed E-state index contributed by atoms with van der Waals surface area (Å²) in [6.45, 7) is 0. The highest BCUT2D eigenvalue weighted by Gasteiger charge is 1.89. The largest absolute Gasteiger partial charge is 0.400 e. The highest BCUT2D eigenvalue weighted by Crippen LogP contribution is 2.10. The van der Waals surface area contributed by atoms with Gasteiger partial charge in [-0.3, -0.25) is 0 Å². The molecule has 0 atom stereocenters. The van der Waals surface area contributed by atoms with Crippen molar-refractivity contribution in [2.24, 2.45) is 0 Å². The van der Waals surface area contributed by atoms with E-state index in [2.05, 4.69) is 25.9 Å². The number of nitrogens with zero attached hydrogens (tertiary/aromatic N) is 2. The molecular weight excluding hydrogens is 228 g/mol. The van der Waals surface area contributed by atoms with E-state index in [-0.39, 0.29) is 0 Å². The lowest BCUT2D eigenvalue weighted by molar-refractivity contribution is 0.399. The summed E-state index contributed by atoms with van der Waals surface area (Å²) in [5.74, 6) is 0. The molecule has 5 heteroatoms. The Hall–Kier alpha value is -0.130. The van der Waals surface area contributed by atoms with Crippen LogP contribution < -0.4 is 0 Å². The molecule has 0 amide bonds. The van der Waals surface area contributed by atoms with Crippen LogP contribution >= 0.6 is 27.7 Å². The number of aliphatic hydroxyl groups excluding tert-OH is 1. The maximum atomic E-state index is 7.00. The monoisotopic (exact) mass is 236 g/mol. The molecule has 1 heterocycles. The lowest BCUT2D eigenvalue weighted by atomic mass is 10.7. The number of aliphatic hydroxyl groups is 1. The van der Waals surface area contributed by atoms with Gasteiger partial charge in [0.05, 0.1) is 4.47 Å². The van der Waals surface area contributed by atoms with Gasteiger partial charge in [-0.1, -0.05) is 11.8 Å². The van der Waals surface area contributed by atoms with Gasteiger partial charge in [0, 0.05) is 19.5 Å². The van der Waals surface area contributed by atoms with Crippen molar-refractivity contribution in [3.63, 3.8) is 0 Å². The van der Waals surface area contributed by atoms with Crippen LogP contribution in [0.25, 0.3) is 0 Å². The van der Waals surface area contributed by atoms with E-state index >= 15 is 0 Å². The third-order valence-electron chi connectivity index (χ3n) is 0.779. The fourth-order valence-electron chi connectivity index (χ4n) is 0.406. The number of hydrogen-bond acceptors (Lipinski definition) is 4. The second kappa shape index (κ2) is 6.57. The molecule has 1 rings (SSSR count). The van der Waals surface area contributed by atoms with Crippen LogP contribution in [-0.2, 0) is 0 Å². The summed E-state index contributed by atoms with van der Waals surface area (Å²) in [7, 11) is 1.00. The van der Waals surface area contributed by atoms with Crippen molar-refractivity contribution in [1.82, 2.24) is 9.97 Å². The number of halogens is 1. The van der Waals surface area contributed by atoms with Gasteiger partial charge in [-0.15, -0.1) is 0 Å². The first-order chi connectivity index (χ1) is 5.33. The third kappa shape index (κ3) is 4.34. The van der Waals surface area contributed by atoms with E-state index in [9.17, 15) is 0 Å². The molecule has 62 valence electrons. The van der Waals surface area contributed by atoms with Crippen molar-refractivity contribution in [2.75, 3.05) is 13.4 Å². The van der Waals surface area contributed by atoms with Gasteiger partial charge in [-0.2, -0.15) is 0 Å². The second-order valence-corrected chi connectivity index (χ2v) is 3.08. The van der Waals surface area contributed by atoms with E-state index in [0.29, 0.717) is 0 Å². The molecular formula is C6H9BrN2OS. The predicted molar refractivity (Wildman–Crippen MR) is 49.7 cm³/mol. The average molecular weight is 237 g/mol. The Morgan fingerprint density at radius 2 is 1.82 bits per heavy atom. The number of aromatic nitrogens is 2. The topological polar surface area (TPSA) is 46.0 Å². The maximum Gasteiger partial charge on any atom is 0.187 e. The molecule has 1 aromatic rings. The summed E-state index contributed by atoms with van der Waals surface area (Å²) >= 11 is 4.77. The zero-order valence-electron chi connectivity index (χ0n) is 6.28. The average Bonchev–Trinajstić information content (AvgIpc) is 2.10. The molecule has 0 saturated carbocycles. The minimum Gasteiger partial charge on any atom is -0.400 e. The van der Waals surface area contributed by atoms with Crippen LogP contribution in [0.4, 0.5) is 0 Å². The van der Waals surface area contributed by atoms with Gasteiger partial charge in [0.1, 0.15) is 0 Å². The summed E-state index contributed by atoms with van der Waals surface area (Å²) in [5, 5.41) is 7.80. The molecule has 11 heavy (non-hydrogen) atoms. The Morgan fingerprint density at radius 1 is 1.36 bits per heavy atom. The smallest absolute Gasteiger partial charge is 0.187 e. The van der Waals surface area contributed by atoms with Crippen molar-refractivity contribution in [3.05, 3.63) is 16.9 Å². The molecule has 0 aliphatic rings. The highest BCUT2D eigenvalue weighted by atomic mass is 79.9. The molecule has 0 aliphatic carbocycles. The normalized spacial score (nSPS) is 8.36. The first kappa shape index (κ1) is 10.9. The molecule has 0 radical (unpaired) electrons. The van der Waals surface area contributed by atoms with E-state index in [0.717, 1.165) is 16.7 Å². The quantitative estimate of drug-likeness (QED) is 0.594. The predicted octanol–water partition coefficient (Wildman–Crippen LogP) is 1.57. The third-order valence-corrected chi connectivity index (χ3v) is 1.76. The number of thioether (sulfide) groups is 1. The SMILES string of the molecule is CO.CSc1ncc(Br)cn1. The van der Waals surface area contributed by atoms with Crippen LogP contribution in [0.2, 0.25) is 0 Å². The standard InChI is InChI=1S/C5H5BrN2S.CH4O/c1-9-5-7-2-4(6)3-8-5;1-2/h2-3H,1H3;2H,1H3. The van der Waals surface area contributed by atoms with Gasteiger partial charge in [0.25, 0.3) is 0 Å². The van der Waals surface area contributed by atoms with E-state index in [1.165, 1.54) is 11.8 Å². The highest BCUT2D eigenvalue weighted by molar-refractivity contribution is 9.10. The molecule has 1 N–H and O–H groups in total. The lowest BCUT2D eigenvalue weighted by Crippen LogP contribution is -1.81. The van der Waals surface area contributed by atoms with Crippen LogP contribution in [0.5, 0.6) is 0 Å². The minimum absolute atomic E-state index is 0.804. The molecule has 0 bridgehead atoms. The van der Waals surface area contributed by atoms with Gasteiger partial charge < -0.3 is 5.11 Å². The Morgan fingerprint density at radius 3 is 2.18 bits per heavy atom. The van der Waals surface area contributed by atoms with Gasteiger partial charge in [-0.05, 0) is 22.2 Å². The van der Waals surface area contributed by atoms with E-state index in [1.54, 1.807) is 12.4 Å². The van der Waals surface area contributed by atoms with Gasteiger partial charge in [0.2, 0.25) is 0 Å². The fourth-order valence-corrected chi connectivity index (χ4v) is 0.927. The van der Waals surface area contributed by atoms with Crippen molar-refractivity contribution in [1.29, 1.82) is 0 Å². The Balaban J connectivity index is 0.000000461. The van der Waals surface area contributed by atoms with Gasteiger partial charge in [-0.25, -0.2) is 9.97 Å². The van der Waals surface area contributed by atoms with Crippen LogP contribution in [0.1, 0.15) is 0 Å². The molecule has 0 saturated heterocycles. The van der Waals surface area contributed by atoms with E-state index in [1.807, 2.05) is 6.26 Å². The Bertz CT molecular complexity index is 192. The summed E-state index contributed by atoms with van der Waals surface area (Å²) in [4.78, 5) is 8.00. The fraction of sp³-hybridized carbons (Fsp3) is 0.333. The molecule has 0 aromatic carbocycles. The van der Waals surface area contributed by atoms with Crippen LogP contribution in [-0.4, -0.2) is 28.4 Å². The Labute approximate surface area is 78.4 Å². The summed E-state index contributed by atoms with van der Waals surface area (Å²) in [5.41, 5.74) is 0. The van der Waals surface area contributed by atoms with Crippen molar-refractivity contribution in [2.45, 2.75) is 5.16 Å². The van der Waals surface area contributed by atoms with Crippen molar-refractivity contribution < 1.29 is 5.11 Å². The van der Waals surface area contributed by atoms with Crippen LogP contribution in [0, 0.1) is 0 Å². The Kier molecular flexibility index (Phi) is 6.49. The molecule has 1 aromatic heterocycles. The first-order valence-electron chi connectivity index (χ1n) is 2.79. The molecule has 0 aliphatic heterocycles. The summed E-state index contributed by atoms with van der Waals surface area (Å²) < 4.78 is 0.917. The van der Waals surface area contributed by atoms with Crippen LogP contribution in [0.3, 0.4) is 0 Å². The molecule has 0 spiro atoms.